The minimum Gasteiger partial charge on any atom is -0.459 e. The fraction of sp³-hybridized carbons (Fsp3) is 0.792. The van der Waals surface area contributed by atoms with Crippen LogP contribution in [0.2, 0.25) is 0 Å². The smallest absolute Gasteiger partial charge is 0.334 e. The van der Waals surface area contributed by atoms with E-state index in [1.807, 2.05) is 6.92 Å². The lowest BCUT2D eigenvalue weighted by Crippen LogP contribution is -2.49. The van der Waals surface area contributed by atoms with E-state index in [1.54, 1.807) is 13.8 Å². The lowest BCUT2D eigenvalue weighted by atomic mass is 9.79. The highest BCUT2D eigenvalue weighted by atomic mass is 16.6. The maximum absolute atomic E-state index is 12.9. The predicted octanol–water partition coefficient (Wildman–Crippen LogP) is 2.99. The molecule has 3 aliphatic heterocycles. The highest BCUT2D eigenvalue weighted by Crippen LogP contribution is 2.45. The summed E-state index contributed by atoms with van der Waals surface area (Å²) in [7, 11) is 0. The van der Waals surface area contributed by atoms with Gasteiger partial charge in [-0.2, -0.15) is 0 Å². The van der Waals surface area contributed by atoms with Crippen LogP contribution in [0.15, 0.2) is 12.2 Å². The van der Waals surface area contributed by atoms with E-state index in [0.29, 0.717) is 44.1 Å². The average Bonchev–Trinajstić information content (AvgIpc) is 3.05. The molecule has 0 radical (unpaired) electrons. The zero-order chi connectivity index (χ0) is 23.9. The molecule has 1 N–H and O–H groups in total. The fourth-order valence-corrected chi connectivity index (χ4v) is 5.31. The Labute approximate surface area is 189 Å². The van der Waals surface area contributed by atoms with Gasteiger partial charge in [0.1, 0.15) is 23.4 Å². The van der Waals surface area contributed by atoms with E-state index in [0.717, 1.165) is 0 Å². The van der Waals surface area contributed by atoms with Gasteiger partial charge < -0.3 is 24.1 Å². The molecular weight excluding hydrogens is 416 g/mol. The number of fused-ring (bicyclic) bond motifs is 5. The standard InChI is InChI=1S/C24H36O8/c1-14-17-7-11-23(5,32-21(14)27)19(29-15(2)25)8-10-22(4,28)18-9-12-24(6,31-18)20(13-17)30-16(3)26/h17-20,28H,1,7-13H2,2-6H3/t17-,18-,19+,20-,22-,23-,24+/m1/s1. The second kappa shape index (κ2) is 8.78. The van der Waals surface area contributed by atoms with E-state index < -0.39 is 53.0 Å². The van der Waals surface area contributed by atoms with Crippen molar-refractivity contribution in [3.8, 4) is 0 Å². The third-order valence-electron chi connectivity index (χ3n) is 7.47. The largest absolute Gasteiger partial charge is 0.459 e. The molecule has 0 aromatic heterocycles. The number of esters is 3. The van der Waals surface area contributed by atoms with Crippen molar-refractivity contribution in [2.75, 3.05) is 0 Å². The van der Waals surface area contributed by atoms with Gasteiger partial charge >= 0.3 is 17.9 Å². The molecule has 4 bridgehead atoms. The first kappa shape index (κ1) is 24.7. The van der Waals surface area contributed by atoms with Crippen LogP contribution in [0.4, 0.5) is 0 Å². The summed E-state index contributed by atoms with van der Waals surface area (Å²) in [6, 6.07) is 0. The lowest BCUT2D eigenvalue weighted by Gasteiger charge is -2.39. The van der Waals surface area contributed by atoms with Crippen molar-refractivity contribution in [1.29, 1.82) is 0 Å². The molecule has 180 valence electrons. The molecule has 0 aliphatic carbocycles. The Hall–Kier alpha value is -1.93. The Morgan fingerprint density at radius 1 is 0.969 bits per heavy atom. The molecule has 3 aliphatic rings. The van der Waals surface area contributed by atoms with E-state index in [1.165, 1.54) is 13.8 Å². The van der Waals surface area contributed by atoms with Gasteiger partial charge in [0, 0.05) is 19.4 Å². The number of rotatable bonds is 2. The lowest BCUT2D eigenvalue weighted by molar-refractivity contribution is -0.191. The molecule has 0 saturated carbocycles. The van der Waals surface area contributed by atoms with Crippen LogP contribution in [0.3, 0.4) is 0 Å². The topological polar surface area (TPSA) is 108 Å². The number of ether oxygens (including phenoxy) is 4. The van der Waals surface area contributed by atoms with Gasteiger partial charge in [-0.1, -0.05) is 6.58 Å². The molecule has 0 amide bonds. The second-order valence-electron chi connectivity index (χ2n) is 10.2. The maximum Gasteiger partial charge on any atom is 0.334 e. The zero-order valence-electron chi connectivity index (χ0n) is 19.8. The SMILES string of the molecule is C=C1C(=O)O[C@]2(C)CC[C@@H]1C[C@@H](OC(C)=O)[C@]1(C)CC[C@@H](O1)[C@](C)(O)CC[C@@H]2OC(C)=O. The number of hydrogen-bond donors (Lipinski definition) is 1. The maximum atomic E-state index is 12.9. The Balaban J connectivity index is 2.04. The average molecular weight is 453 g/mol. The summed E-state index contributed by atoms with van der Waals surface area (Å²) in [4.78, 5) is 36.7. The van der Waals surface area contributed by atoms with E-state index >= 15 is 0 Å². The fourth-order valence-electron chi connectivity index (χ4n) is 5.31. The molecule has 32 heavy (non-hydrogen) atoms. The second-order valence-corrected chi connectivity index (χ2v) is 10.2. The van der Waals surface area contributed by atoms with Crippen LogP contribution in [-0.2, 0) is 33.3 Å². The number of hydrogen-bond acceptors (Lipinski definition) is 8. The molecule has 3 rings (SSSR count). The molecule has 0 aromatic rings. The molecule has 8 nitrogen and oxygen atoms in total. The van der Waals surface area contributed by atoms with Crippen LogP contribution in [0.1, 0.15) is 79.6 Å². The third-order valence-corrected chi connectivity index (χ3v) is 7.47. The summed E-state index contributed by atoms with van der Waals surface area (Å²) < 4.78 is 23.5. The molecule has 7 atom stereocenters. The zero-order valence-corrected chi connectivity index (χ0v) is 19.8. The molecule has 8 heteroatoms. The van der Waals surface area contributed by atoms with Gasteiger partial charge in [-0.25, -0.2) is 4.79 Å². The molecule has 0 aromatic carbocycles. The van der Waals surface area contributed by atoms with Crippen LogP contribution in [0.25, 0.3) is 0 Å². The Morgan fingerprint density at radius 3 is 2.19 bits per heavy atom. The Kier molecular flexibility index (Phi) is 6.78. The van der Waals surface area contributed by atoms with E-state index in [4.69, 9.17) is 18.9 Å². The minimum absolute atomic E-state index is 0.279. The van der Waals surface area contributed by atoms with E-state index in [-0.39, 0.29) is 12.3 Å². The van der Waals surface area contributed by atoms with Crippen LogP contribution < -0.4 is 0 Å². The van der Waals surface area contributed by atoms with Gasteiger partial charge in [0.25, 0.3) is 0 Å². The van der Waals surface area contributed by atoms with Crippen LogP contribution >= 0.6 is 0 Å². The summed E-state index contributed by atoms with van der Waals surface area (Å²) in [6.07, 6.45) is 1.32. The van der Waals surface area contributed by atoms with E-state index in [2.05, 4.69) is 6.58 Å². The van der Waals surface area contributed by atoms with Crippen molar-refractivity contribution in [1.82, 2.24) is 0 Å². The monoisotopic (exact) mass is 452 g/mol. The van der Waals surface area contributed by atoms with Crippen LogP contribution in [0, 0.1) is 5.92 Å². The first-order chi connectivity index (χ1) is 14.8. The highest BCUT2D eigenvalue weighted by Gasteiger charge is 2.53. The molecular formula is C24H36O8. The van der Waals surface area contributed by atoms with Gasteiger partial charge in [0.05, 0.1) is 11.7 Å². The van der Waals surface area contributed by atoms with Crippen LogP contribution in [-0.4, -0.2) is 58.1 Å². The number of carbonyl (C=O) groups is 3. The molecule has 3 heterocycles. The first-order valence-corrected chi connectivity index (χ1v) is 11.4. The van der Waals surface area contributed by atoms with Gasteiger partial charge in [0.2, 0.25) is 0 Å². The van der Waals surface area contributed by atoms with Crippen molar-refractivity contribution < 1.29 is 38.4 Å². The summed E-state index contributed by atoms with van der Waals surface area (Å²) in [6.45, 7) is 12.0. The third kappa shape index (κ3) is 5.01. The summed E-state index contributed by atoms with van der Waals surface area (Å²) in [5.74, 6) is -1.74. The van der Waals surface area contributed by atoms with Crippen molar-refractivity contribution in [3.63, 3.8) is 0 Å². The predicted molar refractivity (Wildman–Crippen MR) is 114 cm³/mol. The first-order valence-electron chi connectivity index (χ1n) is 11.4. The van der Waals surface area contributed by atoms with Gasteiger partial charge in [-0.15, -0.1) is 0 Å². The number of carbonyl (C=O) groups excluding carboxylic acids is 3. The molecule has 3 saturated heterocycles. The van der Waals surface area contributed by atoms with Crippen molar-refractivity contribution in [3.05, 3.63) is 12.2 Å². The van der Waals surface area contributed by atoms with Gasteiger partial charge in [-0.05, 0) is 71.6 Å². The summed E-state index contributed by atoms with van der Waals surface area (Å²) >= 11 is 0. The van der Waals surface area contributed by atoms with Crippen LogP contribution in [0.5, 0.6) is 0 Å². The summed E-state index contributed by atoms with van der Waals surface area (Å²) in [5, 5.41) is 11.3. The Bertz CT molecular complexity index is 789. The van der Waals surface area contributed by atoms with Gasteiger partial charge in [-0.3, -0.25) is 9.59 Å². The van der Waals surface area contributed by atoms with Crippen molar-refractivity contribution in [2.45, 2.75) is 115 Å². The number of aliphatic hydroxyl groups is 1. The normalized spacial score (nSPS) is 42.7. The van der Waals surface area contributed by atoms with Crippen molar-refractivity contribution >= 4 is 17.9 Å². The highest BCUT2D eigenvalue weighted by molar-refractivity contribution is 5.89. The minimum atomic E-state index is -1.21. The van der Waals surface area contributed by atoms with Crippen molar-refractivity contribution in [2.24, 2.45) is 5.92 Å². The quantitative estimate of drug-likeness (QED) is 0.387. The molecule has 0 spiro atoms. The van der Waals surface area contributed by atoms with Gasteiger partial charge in [0.15, 0.2) is 0 Å². The molecule has 0 unspecified atom stereocenters. The summed E-state index contributed by atoms with van der Waals surface area (Å²) in [5.41, 5.74) is -2.76. The molecule has 3 fully saturated rings. The van der Waals surface area contributed by atoms with E-state index in [9.17, 15) is 19.5 Å². The Morgan fingerprint density at radius 2 is 1.56 bits per heavy atom.